The molecular weight excluding hydrogens is 246 g/mol. The van der Waals surface area contributed by atoms with Gasteiger partial charge in [-0.1, -0.05) is 12.8 Å². The second-order valence-electron chi connectivity index (χ2n) is 5.74. The Kier molecular flexibility index (Phi) is 3.16. The molecule has 1 spiro atoms. The van der Waals surface area contributed by atoms with Crippen LogP contribution >= 0.6 is 11.3 Å². The van der Waals surface area contributed by atoms with E-state index in [1.807, 2.05) is 6.07 Å². The molecule has 1 aliphatic carbocycles. The summed E-state index contributed by atoms with van der Waals surface area (Å²) >= 11 is 1.42. The first kappa shape index (κ1) is 12.2. The summed E-state index contributed by atoms with van der Waals surface area (Å²) in [6, 6.07) is 3.69. The summed E-state index contributed by atoms with van der Waals surface area (Å²) in [4.78, 5) is 15.0. The van der Waals surface area contributed by atoms with E-state index in [0.717, 1.165) is 6.54 Å². The Labute approximate surface area is 111 Å². The minimum Gasteiger partial charge on any atom is -0.477 e. The molecule has 3 nitrogen and oxygen atoms in total. The number of hydrogen-bond acceptors (Lipinski definition) is 3. The number of carbonyl (C=O) groups is 1. The molecule has 0 unspecified atom stereocenters. The van der Waals surface area contributed by atoms with Gasteiger partial charge in [0.05, 0.1) is 0 Å². The quantitative estimate of drug-likeness (QED) is 0.912. The molecule has 0 atom stereocenters. The number of thiophene rings is 1. The average molecular weight is 265 g/mol. The molecule has 1 saturated carbocycles. The molecule has 3 rings (SSSR count). The fourth-order valence-corrected chi connectivity index (χ4v) is 4.38. The zero-order valence-corrected chi connectivity index (χ0v) is 11.3. The van der Waals surface area contributed by atoms with E-state index in [9.17, 15) is 4.79 Å². The summed E-state index contributed by atoms with van der Waals surface area (Å²) in [7, 11) is 0. The highest BCUT2D eigenvalue weighted by Crippen LogP contribution is 2.45. The van der Waals surface area contributed by atoms with Crippen molar-refractivity contribution in [2.75, 3.05) is 13.1 Å². The zero-order chi connectivity index (χ0) is 12.6. The molecule has 2 fully saturated rings. The van der Waals surface area contributed by atoms with Gasteiger partial charge in [0.15, 0.2) is 0 Å². The van der Waals surface area contributed by atoms with Crippen LogP contribution in [0.1, 0.15) is 46.7 Å². The van der Waals surface area contributed by atoms with Gasteiger partial charge in [-0.15, -0.1) is 11.3 Å². The van der Waals surface area contributed by atoms with E-state index in [1.165, 1.54) is 61.4 Å². The van der Waals surface area contributed by atoms with Gasteiger partial charge in [0.25, 0.3) is 0 Å². The van der Waals surface area contributed by atoms with E-state index in [4.69, 9.17) is 5.11 Å². The smallest absolute Gasteiger partial charge is 0.345 e. The van der Waals surface area contributed by atoms with Gasteiger partial charge in [0.1, 0.15) is 4.88 Å². The molecule has 1 aromatic heterocycles. The number of hydrogen-bond donors (Lipinski definition) is 1. The van der Waals surface area contributed by atoms with E-state index in [0.29, 0.717) is 10.3 Å². The Morgan fingerprint density at radius 1 is 1.33 bits per heavy atom. The number of nitrogens with zero attached hydrogens (tertiary/aromatic N) is 1. The summed E-state index contributed by atoms with van der Waals surface area (Å²) in [6.45, 7) is 3.33. The van der Waals surface area contributed by atoms with Crippen molar-refractivity contribution in [2.24, 2.45) is 5.41 Å². The maximum Gasteiger partial charge on any atom is 0.345 e. The highest BCUT2D eigenvalue weighted by Gasteiger charge is 2.39. The normalized spacial score (nSPS) is 22.9. The van der Waals surface area contributed by atoms with Gasteiger partial charge in [-0.25, -0.2) is 4.79 Å². The van der Waals surface area contributed by atoms with Gasteiger partial charge < -0.3 is 5.11 Å². The van der Waals surface area contributed by atoms with Crippen molar-refractivity contribution in [1.29, 1.82) is 0 Å². The van der Waals surface area contributed by atoms with Crippen LogP contribution in [0.15, 0.2) is 12.1 Å². The number of aromatic carboxylic acids is 1. The maximum atomic E-state index is 10.9. The van der Waals surface area contributed by atoms with Crippen LogP contribution in [-0.2, 0) is 6.54 Å². The number of carboxylic acids is 1. The Morgan fingerprint density at radius 3 is 2.78 bits per heavy atom. The van der Waals surface area contributed by atoms with Gasteiger partial charge in [0, 0.05) is 18.0 Å². The van der Waals surface area contributed by atoms with Crippen LogP contribution < -0.4 is 0 Å². The molecule has 0 bridgehead atoms. The lowest BCUT2D eigenvalue weighted by Crippen LogP contribution is -2.24. The van der Waals surface area contributed by atoms with Crippen LogP contribution in [0.3, 0.4) is 0 Å². The standard InChI is InChI=1S/C14H19NO2S/c16-13(17)12-4-3-11(18-12)9-15-8-7-14(10-15)5-1-2-6-14/h3-4H,1-2,5-10H2,(H,16,17). The van der Waals surface area contributed by atoms with Crippen molar-refractivity contribution in [1.82, 2.24) is 4.90 Å². The van der Waals surface area contributed by atoms with Crippen molar-refractivity contribution in [2.45, 2.75) is 38.6 Å². The predicted octanol–water partition coefficient (Wildman–Crippen LogP) is 3.21. The van der Waals surface area contributed by atoms with Crippen molar-refractivity contribution >= 4 is 17.3 Å². The van der Waals surface area contributed by atoms with E-state index in [-0.39, 0.29) is 0 Å². The van der Waals surface area contributed by atoms with Crippen LogP contribution in [0, 0.1) is 5.41 Å². The molecule has 2 aliphatic rings. The molecule has 1 aliphatic heterocycles. The largest absolute Gasteiger partial charge is 0.477 e. The van der Waals surface area contributed by atoms with E-state index < -0.39 is 5.97 Å². The van der Waals surface area contributed by atoms with E-state index in [2.05, 4.69) is 4.90 Å². The summed E-state index contributed by atoms with van der Waals surface area (Å²) < 4.78 is 0. The lowest BCUT2D eigenvalue weighted by Gasteiger charge is -2.23. The third-order valence-corrected chi connectivity index (χ3v) is 5.49. The first-order chi connectivity index (χ1) is 8.67. The zero-order valence-electron chi connectivity index (χ0n) is 10.5. The highest BCUT2D eigenvalue weighted by molar-refractivity contribution is 7.13. The van der Waals surface area contributed by atoms with E-state index in [1.54, 1.807) is 6.07 Å². The molecule has 1 aromatic rings. The molecule has 1 saturated heterocycles. The number of likely N-dealkylation sites (tertiary alicyclic amines) is 1. The van der Waals surface area contributed by atoms with Crippen molar-refractivity contribution < 1.29 is 9.90 Å². The van der Waals surface area contributed by atoms with Gasteiger partial charge in [-0.3, -0.25) is 4.90 Å². The van der Waals surface area contributed by atoms with Crippen LogP contribution in [0.25, 0.3) is 0 Å². The topological polar surface area (TPSA) is 40.5 Å². The van der Waals surface area contributed by atoms with Gasteiger partial charge >= 0.3 is 5.97 Å². The second kappa shape index (κ2) is 4.67. The first-order valence-corrected chi connectivity index (χ1v) is 7.53. The van der Waals surface area contributed by atoms with Crippen LogP contribution in [0.2, 0.25) is 0 Å². The summed E-state index contributed by atoms with van der Waals surface area (Å²) in [5.41, 5.74) is 0.604. The molecule has 0 amide bonds. The van der Waals surface area contributed by atoms with Crippen LogP contribution in [0.4, 0.5) is 0 Å². The van der Waals surface area contributed by atoms with Gasteiger partial charge in [-0.05, 0) is 43.4 Å². The third-order valence-electron chi connectivity index (χ3n) is 4.43. The molecular formula is C14H19NO2S. The Hall–Kier alpha value is -0.870. The Bertz CT molecular complexity index is 448. The maximum absolute atomic E-state index is 10.9. The number of carboxylic acid groups (broad SMARTS) is 1. The fraction of sp³-hybridized carbons (Fsp3) is 0.643. The Morgan fingerprint density at radius 2 is 2.11 bits per heavy atom. The molecule has 0 aromatic carbocycles. The second-order valence-corrected chi connectivity index (χ2v) is 6.91. The number of rotatable bonds is 3. The molecule has 1 N–H and O–H groups in total. The molecule has 18 heavy (non-hydrogen) atoms. The highest BCUT2D eigenvalue weighted by atomic mass is 32.1. The summed E-state index contributed by atoms with van der Waals surface area (Å²) in [5.74, 6) is -0.806. The van der Waals surface area contributed by atoms with E-state index >= 15 is 0 Å². The first-order valence-electron chi connectivity index (χ1n) is 6.71. The summed E-state index contributed by atoms with van der Waals surface area (Å²) in [6.07, 6.45) is 6.93. The molecule has 98 valence electrons. The molecule has 0 radical (unpaired) electrons. The van der Waals surface area contributed by atoms with Crippen LogP contribution in [-0.4, -0.2) is 29.1 Å². The Balaban J connectivity index is 1.61. The van der Waals surface area contributed by atoms with Gasteiger partial charge in [0.2, 0.25) is 0 Å². The third kappa shape index (κ3) is 2.31. The monoisotopic (exact) mass is 265 g/mol. The summed E-state index contributed by atoms with van der Waals surface area (Å²) in [5, 5.41) is 8.92. The van der Waals surface area contributed by atoms with Gasteiger partial charge in [-0.2, -0.15) is 0 Å². The lowest BCUT2D eigenvalue weighted by molar-refractivity contribution is 0.0702. The van der Waals surface area contributed by atoms with Crippen LogP contribution in [0.5, 0.6) is 0 Å². The SMILES string of the molecule is O=C(O)c1ccc(CN2CCC3(CCCC3)C2)s1. The van der Waals surface area contributed by atoms with Crippen molar-refractivity contribution in [3.63, 3.8) is 0 Å². The van der Waals surface area contributed by atoms with Crippen molar-refractivity contribution in [3.8, 4) is 0 Å². The molecule has 4 heteroatoms. The minimum atomic E-state index is -0.806. The lowest BCUT2D eigenvalue weighted by atomic mass is 9.86. The average Bonchev–Trinajstić information content (AvgIpc) is 3.03. The molecule has 2 heterocycles. The van der Waals surface area contributed by atoms with Crippen molar-refractivity contribution in [3.05, 3.63) is 21.9 Å². The minimum absolute atomic E-state index is 0.458. The predicted molar refractivity (Wildman–Crippen MR) is 72.1 cm³/mol. The fourth-order valence-electron chi connectivity index (χ4n) is 3.49.